The fourth-order valence-corrected chi connectivity index (χ4v) is 1.76. The van der Waals surface area contributed by atoms with Gasteiger partial charge in [-0.1, -0.05) is 36.2 Å². The highest BCUT2D eigenvalue weighted by atomic mass is 35.5. The number of carbonyl (C=O) groups excluding carboxylic acids is 1. The van der Waals surface area contributed by atoms with Gasteiger partial charge in [-0.3, -0.25) is 0 Å². The van der Waals surface area contributed by atoms with Crippen LogP contribution in [0.15, 0.2) is 18.2 Å². The Morgan fingerprint density at radius 1 is 1.29 bits per heavy atom. The van der Waals surface area contributed by atoms with Gasteiger partial charge in [-0.2, -0.15) is 0 Å². The van der Waals surface area contributed by atoms with E-state index in [-0.39, 0.29) is 0 Å². The Kier molecular flexibility index (Phi) is 5.59. The molecule has 0 amide bonds. The third kappa shape index (κ3) is 3.79. The van der Waals surface area contributed by atoms with Crippen LogP contribution in [0.5, 0.6) is 5.75 Å². The van der Waals surface area contributed by atoms with Gasteiger partial charge in [0.1, 0.15) is 0 Å². The molecule has 0 spiro atoms. The van der Waals surface area contributed by atoms with E-state index >= 15 is 0 Å². The van der Waals surface area contributed by atoms with Crippen LogP contribution in [0.4, 0.5) is 0 Å². The largest absolute Gasteiger partial charge is 0.476 e. The van der Waals surface area contributed by atoms with Gasteiger partial charge >= 0.3 is 5.97 Å². The average Bonchev–Trinajstić information content (AvgIpc) is 2.29. The molecule has 3 nitrogen and oxygen atoms in total. The minimum Gasteiger partial charge on any atom is -0.476 e. The molecule has 0 aliphatic carbocycles. The normalized spacial score (nSPS) is 12.0. The van der Waals surface area contributed by atoms with Gasteiger partial charge in [0.05, 0.1) is 16.7 Å². The summed E-state index contributed by atoms with van der Waals surface area (Å²) in [5, 5.41) is 0.750. The maximum atomic E-state index is 11.6. The van der Waals surface area contributed by atoms with Crippen molar-refractivity contribution in [1.29, 1.82) is 0 Å². The molecule has 17 heavy (non-hydrogen) atoms. The van der Waals surface area contributed by atoms with Crippen LogP contribution in [0.2, 0.25) is 10.0 Å². The van der Waals surface area contributed by atoms with Gasteiger partial charge in [-0.25, -0.2) is 4.79 Å². The SMILES string of the molecule is CCOC(=O)[C@@H](CC)Oc1c(Cl)cccc1Cl. The Hall–Kier alpha value is -0.930. The third-order valence-electron chi connectivity index (χ3n) is 2.10. The predicted molar refractivity (Wildman–Crippen MR) is 67.8 cm³/mol. The molecule has 0 saturated heterocycles. The highest BCUT2D eigenvalue weighted by Gasteiger charge is 2.21. The van der Waals surface area contributed by atoms with Gasteiger partial charge in [-0.15, -0.1) is 0 Å². The van der Waals surface area contributed by atoms with Gasteiger partial charge < -0.3 is 9.47 Å². The smallest absolute Gasteiger partial charge is 0.347 e. The molecule has 94 valence electrons. The number of para-hydroxylation sites is 1. The van der Waals surface area contributed by atoms with Crippen molar-refractivity contribution in [2.24, 2.45) is 0 Å². The van der Waals surface area contributed by atoms with Crippen molar-refractivity contribution in [3.63, 3.8) is 0 Å². The number of hydrogen-bond donors (Lipinski definition) is 0. The Bertz CT molecular complexity index is 373. The van der Waals surface area contributed by atoms with Crippen LogP contribution in [0.25, 0.3) is 0 Å². The summed E-state index contributed by atoms with van der Waals surface area (Å²) in [5.74, 6) is -0.0956. The van der Waals surface area contributed by atoms with Crippen LogP contribution in [0.3, 0.4) is 0 Å². The lowest BCUT2D eigenvalue weighted by atomic mass is 10.2. The number of carbonyl (C=O) groups is 1. The van der Waals surface area contributed by atoms with E-state index in [9.17, 15) is 4.79 Å². The molecule has 0 aliphatic heterocycles. The molecule has 0 radical (unpaired) electrons. The van der Waals surface area contributed by atoms with Crippen LogP contribution in [-0.2, 0) is 9.53 Å². The fraction of sp³-hybridized carbons (Fsp3) is 0.417. The van der Waals surface area contributed by atoms with E-state index in [2.05, 4.69) is 0 Å². The van der Waals surface area contributed by atoms with Crippen molar-refractivity contribution in [1.82, 2.24) is 0 Å². The van der Waals surface area contributed by atoms with Crippen LogP contribution < -0.4 is 4.74 Å². The average molecular weight is 277 g/mol. The zero-order chi connectivity index (χ0) is 12.8. The second-order valence-corrected chi connectivity index (χ2v) is 4.13. The van der Waals surface area contributed by atoms with Crippen molar-refractivity contribution in [3.8, 4) is 5.75 Å². The first-order valence-electron chi connectivity index (χ1n) is 5.37. The quantitative estimate of drug-likeness (QED) is 0.769. The fourth-order valence-electron chi connectivity index (χ4n) is 1.27. The van der Waals surface area contributed by atoms with Crippen LogP contribution >= 0.6 is 23.2 Å². The molecule has 1 rings (SSSR count). The summed E-state index contributed by atoms with van der Waals surface area (Å²) >= 11 is 11.9. The van der Waals surface area contributed by atoms with E-state index in [1.165, 1.54) is 0 Å². The maximum absolute atomic E-state index is 11.6. The third-order valence-corrected chi connectivity index (χ3v) is 2.69. The number of ether oxygens (including phenoxy) is 2. The predicted octanol–water partition coefficient (Wildman–Crippen LogP) is 3.71. The van der Waals surface area contributed by atoms with Crippen LogP contribution in [0, 0.1) is 0 Å². The van der Waals surface area contributed by atoms with E-state index in [1.54, 1.807) is 25.1 Å². The molecule has 0 unspecified atom stereocenters. The van der Waals surface area contributed by atoms with Gasteiger partial charge in [0.15, 0.2) is 11.9 Å². The maximum Gasteiger partial charge on any atom is 0.347 e. The molecule has 0 heterocycles. The number of esters is 1. The topological polar surface area (TPSA) is 35.5 Å². The highest BCUT2D eigenvalue weighted by molar-refractivity contribution is 6.37. The lowest BCUT2D eigenvalue weighted by molar-refractivity contribution is -0.151. The highest BCUT2D eigenvalue weighted by Crippen LogP contribution is 2.33. The lowest BCUT2D eigenvalue weighted by Gasteiger charge is -2.17. The number of hydrogen-bond acceptors (Lipinski definition) is 3. The van der Waals surface area contributed by atoms with E-state index in [0.29, 0.717) is 28.8 Å². The summed E-state index contributed by atoms with van der Waals surface area (Å²) in [4.78, 5) is 11.6. The molecule has 1 aromatic rings. The zero-order valence-electron chi connectivity index (χ0n) is 9.70. The molecular formula is C12H14Cl2O3. The van der Waals surface area contributed by atoms with Gasteiger partial charge in [-0.05, 0) is 25.5 Å². The second kappa shape index (κ2) is 6.72. The van der Waals surface area contributed by atoms with Gasteiger partial charge in [0.25, 0.3) is 0 Å². The molecule has 5 heteroatoms. The number of rotatable bonds is 5. The molecule has 0 bridgehead atoms. The second-order valence-electron chi connectivity index (χ2n) is 3.32. The van der Waals surface area contributed by atoms with E-state index in [4.69, 9.17) is 32.7 Å². The summed E-state index contributed by atoms with van der Waals surface area (Å²) in [6.45, 7) is 3.88. The van der Waals surface area contributed by atoms with Crippen molar-refractivity contribution in [2.45, 2.75) is 26.4 Å². The zero-order valence-corrected chi connectivity index (χ0v) is 11.2. The molecule has 1 atom stereocenters. The lowest BCUT2D eigenvalue weighted by Crippen LogP contribution is -2.28. The standard InChI is InChI=1S/C12H14Cl2O3/c1-3-10(12(15)16-4-2)17-11-8(13)6-5-7-9(11)14/h5-7,10H,3-4H2,1-2H3/t10-/m1/s1. The molecule has 0 N–H and O–H groups in total. The molecule has 0 aromatic heterocycles. The number of benzene rings is 1. The molecule has 0 aliphatic rings. The Labute approximate surface area is 111 Å². The minimum absolute atomic E-state index is 0.314. The van der Waals surface area contributed by atoms with Crippen molar-refractivity contribution < 1.29 is 14.3 Å². The van der Waals surface area contributed by atoms with Gasteiger partial charge in [0, 0.05) is 0 Å². The van der Waals surface area contributed by atoms with Gasteiger partial charge in [0.2, 0.25) is 0 Å². The molecule has 1 aromatic carbocycles. The van der Waals surface area contributed by atoms with Crippen LogP contribution in [0.1, 0.15) is 20.3 Å². The first-order valence-corrected chi connectivity index (χ1v) is 6.13. The van der Waals surface area contributed by atoms with E-state index in [0.717, 1.165) is 0 Å². The number of halogens is 2. The minimum atomic E-state index is -0.688. The monoisotopic (exact) mass is 276 g/mol. The van der Waals surface area contributed by atoms with E-state index in [1.807, 2.05) is 6.92 Å². The first kappa shape index (κ1) is 14.1. The first-order chi connectivity index (χ1) is 8.10. The summed E-state index contributed by atoms with van der Waals surface area (Å²) in [5.41, 5.74) is 0. The molecule has 0 fully saturated rings. The Balaban J connectivity index is 2.84. The Morgan fingerprint density at radius 3 is 2.35 bits per heavy atom. The molecular weight excluding hydrogens is 263 g/mol. The summed E-state index contributed by atoms with van der Waals surface area (Å²) < 4.78 is 10.4. The summed E-state index contributed by atoms with van der Waals surface area (Å²) in [6.07, 6.45) is -0.201. The molecule has 0 saturated carbocycles. The Morgan fingerprint density at radius 2 is 1.88 bits per heavy atom. The summed E-state index contributed by atoms with van der Waals surface area (Å²) in [7, 11) is 0. The van der Waals surface area contributed by atoms with E-state index < -0.39 is 12.1 Å². The van der Waals surface area contributed by atoms with Crippen molar-refractivity contribution in [2.75, 3.05) is 6.61 Å². The van der Waals surface area contributed by atoms with Crippen LogP contribution in [-0.4, -0.2) is 18.7 Å². The van der Waals surface area contributed by atoms with Crippen molar-refractivity contribution in [3.05, 3.63) is 28.2 Å². The summed E-state index contributed by atoms with van der Waals surface area (Å²) in [6, 6.07) is 5.02. The van der Waals surface area contributed by atoms with Crippen molar-refractivity contribution >= 4 is 29.2 Å².